The zero-order valence-corrected chi connectivity index (χ0v) is 14.1. The average Bonchev–Trinajstić information content (AvgIpc) is 2.62. The predicted octanol–water partition coefficient (Wildman–Crippen LogP) is 3.31. The summed E-state index contributed by atoms with van der Waals surface area (Å²) in [6.07, 6.45) is 2.04. The van der Waals surface area contributed by atoms with Crippen molar-refractivity contribution in [3.05, 3.63) is 33.8 Å². The van der Waals surface area contributed by atoms with Gasteiger partial charge in [0.2, 0.25) is 0 Å². The Hall–Kier alpha value is -0.870. The van der Waals surface area contributed by atoms with E-state index < -0.39 is 0 Å². The second-order valence-electron chi connectivity index (χ2n) is 5.61. The molecule has 0 saturated carbocycles. The number of hydrogen-bond donors (Lipinski definition) is 0. The van der Waals surface area contributed by atoms with E-state index in [9.17, 15) is 4.79 Å². The van der Waals surface area contributed by atoms with E-state index in [1.165, 1.54) is 0 Å². The van der Waals surface area contributed by atoms with E-state index >= 15 is 0 Å². The number of nitrogens with zero attached hydrogens (tertiary/aromatic N) is 2. The molecule has 1 heterocycles. The van der Waals surface area contributed by atoms with Crippen molar-refractivity contribution in [3.63, 3.8) is 0 Å². The fourth-order valence-electron chi connectivity index (χ4n) is 2.83. The van der Waals surface area contributed by atoms with Gasteiger partial charge in [-0.3, -0.25) is 4.79 Å². The van der Waals surface area contributed by atoms with Crippen LogP contribution in [0.5, 0.6) is 0 Å². The van der Waals surface area contributed by atoms with E-state index in [-0.39, 0.29) is 5.91 Å². The molecule has 110 valence electrons. The highest BCUT2D eigenvalue weighted by Gasteiger charge is 2.27. The van der Waals surface area contributed by atoms with Gasteiger partial charge in [-0.05, 0) is 60.9 Å². The molecule has 1 fully saturated rings. The van der Waals surface area contributed by atoms with Gasteiger partial charge in [-0.15, -0.1) is 0 Å². The molecule has 0 bridgehead atoms. The van der Waals surface area contributed by atoms with Gasteiger partial charge in [0.15, 0.2) is 0 Å². The third kappa shape index (κ3) is 3.23. The Balaban J connectivity index is 2.28. The van der Waals surface area contributed by atoms with Gasteiger partial charge < -0.3 is 9.80 Å². The topological polar surface area (TPSA) is 23.6 Å². The zero-order valence-electron chi connectivity index (χ0n) is 12.5. The molecule has 1 aromatic rings. The summed E-state index contributed by atoms with van der Waals surface area (Å²) in [5.74, 6) is 0.155. The molecular formula is C16H23BrN2O. The Kier molecular flexibility index (Phi) is 5.22. The lowest BCUT2D eigenvalue weighted by Gasteiger charge is -2.30. The Morgan fingerprint density at radius 3 is 2.85 bits per heavy atom. The third-order valence-corrected chi connectivity index (χ3v) is 5.11. The Labute approximate surface area is 130 Å². The number of aryl methyl sites for hydroxylation is 1. The van der Waals surface area contributed by atoms with Crippen molar-refractivity contribution in [2.75, 3.05) is 26.7 Å². The monoisotopic (exact) mass is 338 g/mol. The minimum Gasteiger partial charge on any atom is -0.334 e. The van der Waals surface area contributed by atoms with Crippen LogP contribution in [-0.2, 0) is 0 Å². The molecule has 0 N–H and O–H groups in total. The minimum absolute atomic E-state index is 0.155. The van der Waals surface area contributed by atoms with Gasteiger partial charge in [0.1, 0.15) is 0 Å². The molecule has 0 aromatic heterocycles. The minimum atomic E-state index is 0.155. The van der Waals surface area contributed by atoms with E-state index in [0.717, 1.165) is 48.1 Å². The molecule has 1 saturated heterocycles. The summed E-state index contributed by atoms with van der Waals surface area (Å²) in [7, 11) is 2.14. The van der Waals surface area contributed by atoms with Crippen molar-refractivity contribution in [1.82, 2.24) is 9.80 Å². The molecule has 1 aliphatic heterocycles. The first-order chi connectivity index (χ1) is 9.54. The molecule has 0 aliphatic carbocycles. The first-order valence-electron chi connectivity index (χ1n) is 7.29. The fourth-order valence-corrected chi connectivity index (χ4v) is 3.26. The molecular weight excluding hydrogens is 316 g/mol. The van der Waals surface area contributed by atoms with Gasteiger partial charge >= 0.3 is 0 Å². The maximum Gasteiger partial charge on any atom is 0.255 e. The molecule has 3 nitrogen and oxygen atoms in total. The lowest BCUT2D eigenvalue weighted by molar-refractivity contribution is 0.0674. The maximum absolute atomic E-state index is 12.9. The number of rotatable bonds is 2. The van der Waals surface area contributed by atoms with Crippen molar-refractivity contribution >= 4 is 21.8 Å². The van der Waals surface area contributed by atoms with Gasteiger partial charge in [0, 0.05) is 23.6 Å². The van der Waals surface area contributed by atoms with Crippen LogP contribution in [0.15, 0.2) is 22.7 Å². The lowest BCUT2D eigenvalue weighted by Crippen LogP contribution is -2.43. The quantitative estimate of drug-likeness (QED) is 0.825. The van der Waals surface area contributed by atoms with Gasteiger partial charge in [0.05, 0.1) is 5.56 Å². The highest BCUT2D eigenvalue weighted by atomic mass is 79.9. The van der Waals surface area contributed by atoms with Crippen molar-refractivity contribution in [2.24, 2.45) is 0 Å². The molecule has 0 radical (unpaired) electrons. The summed E-state index contributed by atoms with van der Waals surface area (Å²) >= 11 is 3.56. The number of benzene rings is 1. The second kappa shape index (κ2) is 6.72. The van der Waals surface area contributed by atoms with E-state index in [4.69, 9.17) is 0 Å². The van der Waals surface area contributed by atoms with Crippen LogP contribution in [0.2, 0.25) is 0 Å². The average molecular weight is 339 g/mol. The summed E-state index contributed by atoms with van der Waals surface area (Å²) < 4.78 is 0.928. The molecule has 2 rings (SSSR count). The van der Waals surface area contributed by atoms with Gasteiger partial charge in [-0.25, -0.2) is 0 Å². The van der Waals surface area contributed by atoms with Crippen LogP contribution >= 0.6 is 15.9 Å². The van der Waals surface area contributed by atoms with Crippen molar-refractivity contribution < 1.29 is 4.79 Å². The lowest BCUT2D eigenvalue weighted by atomic mass is 10.1. The molecule has 20 heavy (non-hydrogen) atoms. The van der Waals surface area contributed by atoms with Gasteiger partial charge in [-0.2, -0.15) is 0 Å². The van der Waals surface area contributed by atoms with Crippen LogP contribution in [0.4, 0.5) is 0 Å². The summed E-state index contributed by atoms with van der Waals surface area (Å²) in [5.41, 5.74) is 1.89. The predicted molar refractivity (Wildman–Crippen MR) is 86.1 cm³/mol. The van der Waals surface area contributed by atoms with Crippen molar-refractivity contribution in [1.29, 1.82) is 0 Å². The van der Waals surface area contributed by atoms with Gasteiger partial charge in [0.25, 0.3) is 5.91 Å². The molecule has 1 aliphatic rings. The molecule has 0 spiro atoms. The summed E-state index contributed by atoms with van der Waals surface area (Å²) in [5, 5.41) is 0. The Bertz CT molecular complexity index is 489. The highest BCUT2D eigenvalue weighted by Crippen LogP contribution is 2.24. The third-order valence-electron chi connectivity index (χ3n) is 4.06. The molecule has 1 amide bonds. The molecule has 1 unspecified atom stereocenters. The maximum atomic E-state index is 12.9. The fraction of sp³-hybridized carbons (Fsp3) is 0.562. The standard InChI is InChI=1S/C16H23BrN2O/c1-4-13-11-18(3)9-6-10-19(13)16(20)14-8-5-7-12(2)15(14)17/h5,7-8,13H,4,6,9-11H2,1-3H3. The van der Waals surface area contributed by atoms with E-state index in [1.54, 1.807) is 0 Å². The number of amides is 1. The van der Waals surface area contributed by atoms with Crippen molar-refractivity contribution in [3.8, 4) is 0 Å². The zero-order chi connectivity index (χ0) is 14.7. The second-order valence-corrected chi connectivity index (χ2v) is 6.41. The number of carbonyl (C=O) groups excluding carboxylic acids is 1. The van der Waals surface area contributed by atoms with E-state index in [2.05, 4.69) is 39.7 Å². The summed E-state index contributed by atoms with van der Waals surface area (Å²) in [6, 6.07) is 6.20. The SMILES string of the molecule is CCC1CN(C)CCCN1C(=O)c1cccc(C)c1Br. The summed E-state index contributed by atoms with van der Waals surface area (Å²) in [4.78, 5) is 17.3. The highest BCUT2D eigenvalue weighted by molar-refractivity contribution is 9.10. The number of likely N-dealkylation sites (N-methyl/N-ethyl adjacent to an activating group) is 1. The van der Waals surface area contributed by atoms with Crippen LogP contribution in [0.25, 0.3) is 0 Å². The number of hydrogen-bond acceptors (Lipinski definition) is 2. The van der Waals surface area contributed by atoms with E-state index in [1.807, 2.05) is 25.1 Å². The molecule has 1 aromatic carbocycles. The molecule has 4 heteroatoms. The number of halogens is 1. The summed E-state index contributed by atoms with van der Waals surface area (Å²) in [6.45, 7) is 7.06. The van der Waals surface area contributed by atoms with Crippen LogP contribution < -0.4 is 0 Å². The largest absolute Gasteiger partial charge is 0.334 e. The molecule has 1 atom stereocenters. The van der Waals surface area contributed by atoms with Crippen LogP contribution in [-0.4, -0.2) is 48.4 Å². The normalized spacial score (nSPS) is 20.8. The Morgan fingerprint density at radius 1 is 1.40 bits per heavy atom. The van der Waals surface area contributed by atoms with Crippen LogP contribution in [0, 0.1) is 6.92 Å². The Morgan fingerprint density at radius 2 is 2.15 bits per heavy atom. The first-order valence-corrected chi connectivity index (χ1v) is 8.08. The van der Waals surface area contributed by atoms with Crippen LogP contribution in [0.3, 0.4) is 0 Å². The van der Waals surface area contributed by atoms with Crippen molar-refractivity contribution in [2.45, 2.75) is 32.7 Å². The van der Waals surface area contributed by atoms with E-state index in [0.29, 0.717) is 6.04 Å². The van der Waals surface area contributed by atoms with Gasteiger partial charge in [-0.1, -0.05) is 19.1 Å². The first kappa shape index (κ1) is 15.5. The smallest absolute Gasteiger partial charge is 0.255 e. The van der Waals surface area contributed by atoms with Crippen LogP contribution in [0.1, 0.15) is 35.7 Å². The number of carbonyl (C=O) groups is 1.